The van der Waals surface area contributed by atoms with Crippen LogP contribution >= 0.6 is 0 Å². The second-order valence-electron chi connectivity index (χ2n) is 3.56. The molecule has 3 nitrogen and oxygen atoms in total. The first-order valence-corrected chi connectivity index (χ1v) is 4.93. The van der Waals surface area contributed by atoms with Crippen LogP contribution in [0.2, 0.25) is 0 Å². The second-order valence-corrected chi connectivity index (χ2v) is 3.56. The van der Waals surface area contributed by atoms with Crippen LogP contribution < -0.4 is 0 Å². The molecule has 0 spiro atoms. The highest BCUT2D eigenvalue weighted by Gasteiger charge is 2.12. The van der Waals surface area contributed by atoms with Crippen LogP contribution in [0.25, 0.3) is 0 Å². The van der Waals surface area contributed by atoms with Crippen LogP contribution in [0.4, 0.5) is 0 Å². The van der Waals surface area contributed by atoms with E-state index >= 15 is 0 Å². The molecule has 1 aromatic rings. The van der Waals surface area contributed by atoms with Gasteiger partial charge in [0.1, 0.15) is 0 Å². The van der Waals surface area contributed by atoms with E-state index in [9.17, 15) is 9.90 Å². The molecule has 0 bridgehead atoms. The maximum Gasteiger partial charge on any atom is 0.308 e. The zero-order chi connectivity index (χ0) is 11.3. The van der Waals surface area contributed by atoms with Gasteiger partial charge >= 0.3 is 5.97 Å². The number of hydrogen-bond acceptors (Lipinski definition) is 3. The van der Waals surface area contributed by atoms with Crippen molar-refractivity contribution in [2.75, 3.05) is 7.11 Å². The Morgan fingerprint density at radius 3 is 2.73 bits per heavy atom. The van der Waals surface area contributed by atoms with Gasteiger partial charge in [-0.05, 0) is 24.5 Å². The molecular formula is C12H16O3. The smallest absolute Gasteiger partial charge is 0.308 e. The van der Waals surface area contributed by atoms with Gasteiger partial charge in [0.25, 0.3) is 0 Å². The van der Waals surface area contributed by atoms with Crippen molar-refractivity contribution in [1.82, 2.24) is 0 Å². The van der Waals surface area contributed by atoms with Gasteiger partial charge in [0.15, 0.2) is 0 Å². The predicted octanol–water partition coefficient (Wildman–Crippen LogP) is 1.46. The van der Waals surface area contributed by atoms with E-state index in [1.54, 1.807) is 0 Å². The van der Waals surface area contributed by atoms with E-state index in [2.05, 4.69) is 4.74 Å². The van der Waals surface area contributed by atoms with Crippen LogP contribution in [0.15, 0.2) is 24.3 Å². The number of benzene rings is 1. The molecule has 0 fully saturated rings. The van der Waals surface area contributed by atoms with Crippen molar-refractivity contribution >= 4 is 5.97 Å². The third-order valence-corrected chi connectivity index (χ3v) is 2.35. The lowest BCUT2D eigenvalue weighted by molar-refractivity contribution is -0.142. The highest BCUT2D eigenvalue weighted by molar-refractivity contribution is 5.69. The highest BCUT2D eigenvalue weighted by Crippen LogP contribution is 2.11. The van der Waals surface area contributed by atoms with Gasteiger partial charge in [-0.2, -0.15) is 0 Å². The van der Waals surface area contributed by atoms with Crippen molar-refractivity contribution in [1.29, 1.82) is 0 Å². The van der Waals surface area contributed by atoms with Crippen LogP contribution in [-0.2, 0) is 16.0 Å². The van der Waals surface area contributed by atoms with Crippen molar-refractivity contribution in [2.24, 2.45) is 0 Å². The molecule has 0 heterocycles. The Morgan fingerprint density at radius 1 is 1.47 bits per heavy atom. The molecule has 82 valence electrons. The monoisotopic (exact) mass is 208 g/mol. The first kappa shape index (κ1) is 11.7. The van der Waals surface area contributed by atoms with Crippen LogP contribution in [0.3, 0.4) is 0 Å². The van der Waals surface area contributed by atoms with Gasteiger partial charge in [0, 0.05) is 0 Å². The minimum absolute atomic E-state index is 0.0465. The van der Waals surface area contributed by atoms with Gasteiger partial charge in [-0.3, -0.25) is 4.79 Å². The minimum Gasteiger partial charge on any atom is -0.469 e. The minimum atomic E-state index is -0.668. The van der Waals surface area contributed by atoms with E-state index in [-0.39, 0.29) is 12.4 Å². The van der Waals surface area contributed by atoms with Crippen molar-refractivity contribution in [3.63, 3.8) is 0 Å². The van der Waals surface area contributed by atoms with Gasteiger partial charge in [0.05, 0.1) is 19.6 Å². The van der Waals surface area contributed by atoms with Crippen LogP contribution in [0.5, 0.6) is 0 Å². The van der Waals surface area contributed by atoms with Gasteiger partial charge in [-0.25, -0.2) is 0 Å². The van der Waals surface area contributed by atoms with Crippen molar-refractivity contribution in [2.45, 2.75) is 25.9 Å². The second kappa shape index (κ2) is 5.51. The molecule has 1 rings (SSSR count). The quantitative estimate of drug-likeness (QED) is 0.762. The zero-order valence-corrected chi connectivity index (χ0v) is 9.06. The third kappa shape index (κ3) is 3.72. The van der Waals surface area contributed by atoms with Crippen LogP contribution in [-0.4, -0.2) is 24.3 Å². The summed E-state index contributed by atoms with van der Waals surface area (Å²) in [5.74, 6) is -0.379. The fourth-order valence-electron chi connectivity index (χ4n) is 1.44. The van der Waals surface area contributed by atoms with Gasteiger partial charge < -0.3 is 9.84 Å². The molecule has 0 saturated carbocycles. The van der Waals surface area contributed by atoms with E-state index < -0.39 is 6.10 Å². The Labute approximate surface area is 89.7 Å². The fourth-order valence-corrected chi connectivity index (χ4v) is 1.44. The number of carbonyl (C=O) groups excluding carboxylic acids is 1. The summed E-state index contributed by atoms with van der Waals surface area (Å²) >= 11 is 0. The summed E-state index contributed by atoms with van der Waals surface area (Å²) in [7, 11) is 1.32. The molecule has 0 radical (unpaired) electrons. The number of rotatable bonds is 4. The normalized spacial score (nSPS) is 12.2. The number of ether oxygens (including phenoxy) is 1. The molecule has 0 aliphatic heterocycles. The van der Waals surface area contributed by atoms with Gasteiger partial charge in [-0.15, -0.1) is 0 Å². The number of esters is 1. The van der Waals surface area contributed by atoms with Crippen LogP contribution in [0, 0.1) is 6.92 Å². The lowest BCUT2D eigenvalue weighted by atomic mass is 10.0. The lowest BCUT2D eigenvalue weighted by Gasteiger charge is -2.10. The molecule has 0 aliphatic carbocycles. The molecule has 1 N–H and O–H groups in total. The summed E-state index contributed by atoms with van der Waals surface area (Å²) in [6.45, 7) is 1.99. The molecule has 0 amide bonds. The van der Waals surface area contributed by atoms with E-state index in [1.165, 1.54) is 7.11 Å². The van der Waals surface area contributed by atoms with E-state index in [0.29, 0.717) is 6.42 Å². The summed E-state index contributed by atoms with van der Waals surface area (Å²) in [5.41, 5.74) is 2.19. The molecular weight excluding hydrogens is 192 g/mol. The molecule has 0 unspecified atom stereocenters. The van der Waals surface area contributed by atoms with Crippen molar-refractivity contribution in [3.05, 3.63) is 35.4 Å². The SMILES string of the molecule is COC(=O)C[C@H](O)Cc1ccccc1C. The van der Waals surface area contributed by atoms with Crippen LogP contribution in [0.1, 0.15) is 17.5 Å². The fraction of sp³-hybridized carbons (Fsp3) is 0.417. The average Bonchev–Trinajstić information content (AvgIpc) is 2.21. The van der Waals surface area contributed by atoms with E-state index in [1.807, 2.05) is 31.2 Å². The lowest BCUT2D eigenvalue weighted by Crippen LogP contribution is -2.17. The topological polar surface area (TPSA) is 46.5 Å². The van der Waals surface area contributed by atoms with Crippen molar-refractivity contribution < 1.29 is 14.6 Å². The highest BCUT2D eigenvalue weighted by atomic mass is 16.5. The Hall–Kier alpha value is -1.35. The Bertz CT molecular complexity index is 333. The maximum atomic E-state index is 10.9. The molecule has 1 atom stereocenters. The summed E-state index contributed by atoms with van der Waals surface area (Å²) in [6, 6.07) is 7.81. The Kier molecular flexibility index (Phi) is 4.31. The number of aryl methyl sites for hydroxylation is 1. The maximum absolute atomic E-state index is 10.9. The zero-order valence-electron chi connectivity index (χ0n) is 9.06. The van der Waals surface area contributed by atoms with E-state index in [0.717, 1.165) is 11.1 Å². The summed E-state index contributed by atoms with van der Waals surface area (Å²) in [4.78, 5) is 10.9. The third-order valence-electron chi connectivity index (χ3n) is 2.35. The summed E-state index contributed by atoms with van der Waals surface area (Å²) in [6.07, 6.45) is -0.134. The number of hydrogen-bond donors (Lipinski definition) is 1. The summed E-state index contributed by atoms with van der Waals surface area (Å²) < 4.78 is 4.49. The number of carbonyl (C=O) groups is 1. The number of methoxy groups -OCH3 is 1. The predicted molar refractivity (Wildman–Crippen MR) is 57.5 cm³/mol. The number of aliphatic hydroxyl groups is 1. The Balaban J connectivity index is 2.55. The standard InChI is InChI=1S/C12H16O3/c1-9-5-3-4-6-10(9)7-11(13)8-12(14)15-2/h3-6,11,13H,7-8H2,1-2H3/t11-/m1/s1. The molecule has 1 aromatic carbocycles. The molecule has 0 aromatic heterocycles. The first-order valence-electron chi connectivity index (χ1n) is 4.93. The molecule has 15 heavy (non-hydrogen) atoms. The summed E-state index contributed by atoms with van der Waals surface area (Å²) in [5, 5.41) is 9.63. The molecule has 0 aliphatic rings. The first-order chi connectivity index (χ1) is 7.13. The van der Waals surface area contributed by atoms with Crippen molar-refractivity contribution in [3.8, 4) is 0 Å². The van der Waals surface area contributed by atoms with Gasteiger partial charge in [-0.1, -0.05) is 24.3 Å². The van der Waals surface area contributed by atoms with E-state index in [4.69, 9.17) is 0 Å². The van der Waals surface area contributed by atoms with Gasteiger partial charge in [0.2, 0.25) is 0 Å². The number of aliphatic hydroxyl groups excluding tert-OH is 1. The Morgan fingerprint density at radius 2 is 2.13 bits per heavy atom. The largest absolute Gasteiger partial charge is 0.469 e. The average molecular weight is 208 g/mol. The molecule has 0 saturated heterocycles. The molecule has 3 heteroatoms.